The van der Waals surface area contributed by atoms with Crippen molar-refractivity contribution in [3.05, 3.63) is 33.8 Å². The molecule has 1 fully saturated rings. The summed E-state index contributed by atoms with van der Waals surface area (Å²) in [5, 5.41) is 0. The minimum atomic E-state index is -0.531. The lowest BCUT2D eigenvalue weighted by molar-refractivity contribution is 0.459. The summed E-state index contributed by atoms with van der Waals surface area (Å²) < 4.78 is 27.8. The zero-order valence-electron chi connectivity index (χ0n) is 10.2. The van der Waals surface area contributed by atoms with E-state index < -0.39 is 11.6 Å². The van der Waals surface area contributed by atoms with Gasteiger partial charge in [-0.05, 0) is 60.0 Å². The van der Waals surface area contributed by atoms with Crippen LogP contribution in [0.1, 0.15) is 25.3 Å². The molecule has 0 aliphatic carbocycles. The van der Waals surface area contributed by atoms with Crippen molar-refractivity contribution in [1.29, 1.82) is 0 Å². The molecule has 1 aromatic carbocycles. The molecule has 2 unspecified atom stereocenters. The largest absolute Gasteiger partial charge is 0.326 e. The number of benzene rings is 1. The highest BCUT2D eigenvalue weighted by atomic mass is 79.9. The Hall–Kier alpha value is -0.130. The Labute approximate surface area is 119 Å². The Morgan fingerprint density at radius 3 is 2.83 bits per heavy atom. The fourth-order valence-electron chi connectivity index (χ4n) is 2.29. The third kappa shape index (κ3) is 2.73. The lowest BCUT2D eigenvalue weighted by Crippen LogP contribution is -2.43. The summed E-state index contributed by atoms with van der Waals surface area (Å²) in [7, 11) is 0. The summed E-state index contributed by atoms with van der Waals surface area (Å²) in [5.74, 6) is 0.0305. The molecule has 2 rings (SSSR count). The molecule has 0 aromatic heterocycles. The van der Waals surface area contributed by atoms with Gasteiger partial charge in [-0.1, -0.05) is 0 Å². The monoisotopic (exact) mass is 335 g/mol. The van der Waals surface area contributed by atoms with Crippen molar-refractivity contribution in [3.8, 4) is 0 Å². The molecule has 1 aliphatic heterocycles. The van der Waals surface area contributed by atoms with Gasteiger partial charge >= 0.3 is 0 Å². The zero-order valence-corrected chi connectivity index (χ0v) is 12.6. The molecular formula is C13H16BrF2NS. The van der Waals surface area contributed by atoms with Gasteiger partial charge in [0.2, 0.25) is 0 Å². The van der Waals surface area contributed by atoms with E-state index in [0.717, 1.165) is 18.6 Å². The fourth-order valence-corrected chi connectivity index (χ4v) is 4.00. The van der Waals surface area contributed by atoms with E-state index in [2.05, 4.69) is 22.9 Å². The summed E-state index contributed by atoms with van der Waals surface area (Å²) in [6, 6.07) is 2.42. The van der Waals surface area contributed by atoms with Gasteiger partial charge in [-0.3, -0.25) is 0 Å². The Morgan fingerprint density at radius 2 is 2.22 bits per heavy atom. The Balaban J connectivity index is 2.21. The van der Waals surface area contributed by atoms with Crippen LogP contribution in [0.5, 0.6) is 0 Å². The van der Waals surface area contributed by atoms with Crippen molar-refractivity contribution in [2.45, 2.75) is 37.0 Å². The maximum atomic E-state index is 13.9. The fraction of sp³-hybridized carbons (Fsp3) is 0.538. The molecule has 18 heavy (non-hydrogen) atoms. The minimum absolute atomic E-state index is 0.0683. The van der Waals surface area contributed by atoms with Gasteiger partial charge in [0.1, 0.15) is 11.6 Å². The minimum Gasteiger partial charge on any atom is -0.326 e. The highest BCUT2D eigenvalue weighted by molar-refractivity contribution is 9.10. The molecule has 1 nitrogen and oxygen atoms in total. The normalized spacial score (nSPS) is 25.4. The van der Waals surface area contributed by atoms with Crippen molar-refractivity contribution in [2.24, 2.45) is 5.73 Å². The highest BCUT2D eigenvalue weighted by Crippen LogP contribution is 2.41. The van der Waals surface area contributed by atoms with E-state index in [-0.39, 0.29) is 27.2 Å². The van der Waals surface area contributed by atoms with Crippen LogP contribution in [0.15, 0.2) is 16.6 Å². The first-order chi connectivity index (χ1) is 8.44. The second-order valence-corrected chi connectivity index (χ2v) is 7.38. The maximum absolute atomic E-state index is 13.9. The maximum Gasteiger partial charge on any atom is 0.143 e. The predicted octanol–water partition coefficient (Wildman–Crippen LogP) is 3.88. The van der Waals surface area contributed by atoms with Gasteiger partial charge in [-0.15, -0.1) is 0 Å². The summed E-state index contributed by atoms with van der Waals surface area (Å²) in [5.41, 5.74) is 6.25. The van der Waals surface area contributed by atoms with Gasteiger partial charge in [-0.25, -0.2) is 8.78 Å². The van der Waals surface area contributed by atoms with Gasteiger partial charge in [0.25, 0.3) is 0 Å². The van der Waals surface area contributed by atoms with Crippen molar-refractivity contribution >= 4 is 27.7 Å². The molecule has 1 aliphatic rings. The first-order valence-corrected chi connectivity index (χ1v) is 7.74. The van der Waals surface area contributed by atoms with Crippen molar-refractivity contribution in [3.63, 3.8) is 0 Å². The van der Waals surface area contributed by atoms with Gasteiger partial charge in [-0.2, -0.15) is 11.8 Å². The Bertz CT molecular complexity index is 447. The standard InChI is InChI=1S/C13H16BrF2NS/c1-13(5-2-6-18-13)11(17)7-8-10(15)4-3-9(14)12(8)16/h3-4,11H,2,5-7,17H2,1H3. The number of halogens is 3. The molecule has 2 atom stereocenters. The number of hydrogen-bond donors (Lipinski definition) is 1. The lowest BCUT2D eigenvalue weighted by atomic mass is 9.91. The van der Waals surface area contributed by atoms with Gasteiger partial charge in [0, 0.05) is 16.4 Å². The molecule has 0 spiro atoms. The molecule has 1 saturated heterocycles. The summed E-state index contributed by atoms with van der Waals surface area (Å²) in [6.07, 6.45) is 2.37. The zero-order chi connectivity index (χ0) is 13.3. The van der Waals surface area contributed by atoms with E-state index >= 15 is 0 Å². The molecule has 100 valence electrons. The number of hydrogen-bond acceptors (Lipinski definition) is 2. The third-order valence-corrected chi connectivity index (χ3v) is 5.87. The third-order valence-electron chi connectivity index (χ3n) is 3.60. The molecule has 0 amide bonds. The van der Waals surface area contributed by atoms with E-state index in [1.54, 1.807) is 11.8 Å². The quantitative estimate of drug-likeness (QED) is 0.848. The number of rotatable bonds is 3. The number of thioether (sulfide) groups is 1. The summed E-state index contributed by atoms with van der Waals surface area (Å²) in [6.45, 7) is 2.09. The van der Waals surface area contributed by atoms with Crippen LogP contribution in [-0.4, -0.2) is 16.5 Å². The van der Waals surface area contributed by atoms with Gasteiger partial charge < -0.3 is 5.73 Å². The van der Waals surface area contributed by atoms with Gasteiger partial charge in [0.05, 0.1) is 4.47 Å². The van der Waals surface area contributed by atoms with Crippen molar-refractivity contribution in [2.75, 3.05) is 5.75 Å². The van der Waals surface area contributed by atoms with Crippen LogP contribution < -0.4 is 5.73 Å². The van der Waals surface area contributed by atoms with Crippen LogP contribution in [0, 0.1) is 11.6 Å². The van der Waals surface area contributed by atoms with Crippen LogP contribution in [0.2, 0.25) is 0 Å². The second kappa shape index (κ2) is 5.47. The molecule has 0 radical (unpaired) electrons. The Morgan fingerprint density at radius 1 is 1.50 bits per heavy atom. The number of nitrogens with two attached hydrogens (primary N) is 1. The molecule has 5 heteroatoms. The SMILES string of the molecule is CC1(C(N)Cc2c(F)ccc(Br)c2F)CCCS1. The highest BCUT2D eigenvalue weighted by Gasteiger charge is 2.36. The van der Waals surface area contributed by atoms with Crippen LogP contribution in [-0.2, 0) is 6.42 Å². The van der Waals surface area contributed by atoms with Crippen molar-refractivity contribution in [1.82, 2.24) is 0 Å². The van der Waals surface area contributed by atoms with Crippen molar-refractivity contribution < 1.29 is 8.78 Å². The van der Waals surface area contributed by atoms with Crippen LogP contribution >= 0.6 is 27.7 Å². The average molecular weight is 336 g/mol. The molecule has 0 saturated carbocycles. The van der Waals surface area contributed by atoms with E-state index in [1.807, 2.05) is 0 Å². The topological polar surface area (TPSA) is 26.0 Å². The molecule has 1 heterocycles. The average Bonchev–Trinajstić information content (AvgIpc) is 2.78. The predicted molar refractivity (Wildman–Crippen MR) is 75.8 cm³/mol. The summed E-state index contributed by atoms with van der Waals surface area (Å²) in [4.78, 5) is 0. The van der Waals surface area contributed by atoms with Crippen LogP contribution in [0.3, 0.4) is 0 Å². The molecule has 2 N–H and O–H groups in total. The lowest BCUT2D eigenvalue weighted by Gasteiger charge is -2.30. The smallest absolute Gasteiger partial charge is 0.143 e. The van der Waals surface area contributed by atoms with E-state index in [4.69, 9.17) is 5.73 Å². The Kier molecular flexibility index (Phi) is 4.34. The van der Waals surface area contributed by atoms with Gasteiger partial charge in [0.15, 0.2) is 0 Å². The molecular weight excluding hydrogens is 320 g/mol. The van der Waals surface area contributed by atoms with Crippen LogP contribution in [0.25, 0.3) is 0 Å². The first kappa shape index (κ1) is 14.3. The first-order valence-electron chi connectivity index (χ1n) is 5.96. The van der Waals surface area contributed by atoms with E-state index in [0.29, 0.717) is 0 Å². The van der Waals surface area contributed by atoms with Crippen LogP contribution in [0.4, 0.5) is 8.78 Å². The summed E-state index contributed by atoms with van der Waals surface area (Å²) >= 11 is 4.89. The second-order valence-electron chi connectivity index (χ2n) is 4.90. The molecule has 0 bridgehead atoms. The van der Waals surface area contributed by atoms with E-state index in [9.17, 15) is 8.78 Å². The van der Waals surface area contributed by atoms with E-state index in [1.165, 1.54) is 12.1 Å². The molecule has 1 aromatic rings.